The van der Waals surface area contributed by atoms with E-state index in [1.165, 1.54) is 24.9 Å². The van der Waals surface area contributed by atoms with E-state index in [-0.39, 0.29) is 5.97 Å². The maximum atomic E-state index is 11.3. The van der Waals surface area contributed by atoms with E-state index < -0.39 is 0 Å². The SMILES string of the molecule is CCC1CN(c2nc(C(=O)OC)cs2)CCS1. The minimum Gasteiger partial charge on any atom is -0.464 e. The highest BCUT2D eigenvalue weighted by atomic mass is 32.2. The minimum atomic E-state index is -0.356. The third-order valence-electron chi connectivity index (χ3n) is 2.75. The van der Waals surface area contributed by atoms with Crippen LogP contribution in [0, 0.1) is 0 Å². The van der Waals surface area contributed by atoms with E-state index in [2.05, 4.69) is 21.5 Å². The second kappa shape index (κ2) is 5.73. The lowest BCUT2D eigenvalue weighted by molar-refractivity contribution is 0.0595. The third-order valence-corrected chi connectivity index (χ3v) is 5.02. The predicted octanol–water partition coefficient (Wildman–Crippen LogP) is 2.26. The summed E-state index contributed by atoms with van der Waals surface area (Å²) >= 11 is 3.54. The average Bonchev–Trinajstić information content (AvgIpc) is 2.87. The van der Waals surface area contributed by atoms with Crippen LogP contribution in [0.5, 0.6) is 0 Å². The number of thioether (sulfide) groups is 1. The van der Waals surface area contributed by atoms with Gasteiger partial charge in [0, 0.05) is 29.5 Å². The molecule has 1 saturated heterocycles. The summed E-state index contributed by atoms with van der Waals surface area (Å²) in [5, 5.41) is 3.38. The van der Waals surface area contributed by atoms with Crippen LogP contribution in [-0.2, 0) is 4.74 Å². The zero-order valence-electron chi connectivity index (χ0n) is 10.0. The van der Waals surface area contributed by atoms with Gasteiger partial charge in [-0.05, 0) is 6.42 Å². The molecule has 4 nitrogen and oxygen atoms in total. The summed E-state index contributed by atoms with van der Waals surface area (Å²) in [6.45, 7) is 4.24. The van der Waals surface area contributed by atoms with Gasteiger partial charge >= 0.3 is 5.97 Å². The van der Waals surface area contributed by atoms with Crippen LogP contribution in [-0.4, -0.2) is 42.2 Å². The number of carbonyl (C=O) groups excluding carboxylic acids is 1. The number of hydrogen-bond donors (Lipinski definition) is 0. The molecule has 0 bridgehead atoms. The summed E-state index contributed by atoms with van der Waals surface area (Å²) in [6.07, 6.45) is 1.18. The second-order valence-corrected chi connectivity index (χ2v) is 6.10. The van der Waals surface area contributed by atoms with Crippen molar-refractivity contribution in [1.29, 1.82) is 0 Å². The second-order valence-electron chi connectivity index (χ2n) is 3.85. The van der Waals surface area contributed by atoms with Crippen molar-refractivity contribution in [2.24, 2.45) is 0 Å². The van der Waals surface area contributed by atoms with E-state index >= 15 is 0 Å². The van der Waals surface area contributed by atoms with Crippen molar-refractivity contribution in [2.45, 2.75) is 18.6 Å². The van der Waals surface area contributed by atoms with Gasteiger partial charge in [0.25, 0.3) is 0 Å². The number of hydrogen-bond acceptors (Lipinski definition) is 6. The quantitative estimate of drug-likeness (QED) is 0.790. The van der Waals surface area contributed by atoms with Crippen LogP contribution in [0.3, 0.4) is 0 Å². The summed E-state index contributed by atoms with van der Waals surface area (Å²) in [5.74, 6) is 0.775. The fourth-order valence-corrected chi connectivity index (χ4v) is 3.76. The van der Waals surface area contributed by atoms with Crippen LogP contribution in [0.25, 0.3) is 0 Å². The molecule has 1 atom stereocenters. The number of esters is 1. The smallest absolute Gasteiger partial charge is 0.357 e. The highest BCUT2D eigenvalue weighted by Gasteiger charge is 2.22. The van der Waals surface area contributed by atoms with Gasteiger partial charge in [-0.2, -0.15) is 11.8 Å². The zero-order chi connectivity index (χ0) is 12.3. The molecule has 0 aliphatic carbocycles. The van der Waals surface area contributed by atoms with E-state index in [0.717, 1.165) is 24.0 Å². The van der Waals surface area contributed by atoms with E-state index in [1.807, 2.05) is 11.8 Å². The van der Waals surface area contributed by atoms with E-state index in [0.29, 0.717) is 10.9 Å². The topological polar surface area (TPSA) is 42.4 Å². The highest BCUT2D eigenvalue weighted by molar-refractivity contribution is 8.00. The first-order valence-corrected chi connectivity index (χ1v) is 7.57. The first-order valence-electron chi connectivity index (χ1n) is 5.65. The van der Waals surface area contributed by atoms with Crippen LogP contribution in [0.2, 0.25) is 0 Å². The first-order chi connectivity index (χ1) is 8.24. The predicted molar refractivity (Wildman–Crippen MR) is 72.2 cm³/mol. The molecule has 1 unspecified atom stereocenters. The van der Waals surface area contributed by atoms with Crippen molar-refractivity contribution in [2.75, 3.05) is 30.9 Å². The molecule has 94 valence electrons. The summed E-state index contributed by atoms with van der Waals surface area (Å²) in [5.41, 5.74) is 0.416. The monoisotopic (exact) mass is 272 g/mol. The lowest BCUT2D eigenvalue weighted by Gasteiger charge is -2.31. The molecule has 0 aromatic carbocycles. The Hall–Kier alpha value is -0.750. The Balaban J connectivity index is 2.06. The number of aromatic nitrogens is 1. The summed E-state index contributed by atoms with van der Waals surface area (Å²) in [7, 11) is 1.38. The van der Waals surface area contributed by atoms with Gasteiger partial charge in [-0.15, -0.1) is 11.3 Å². The van der Waals surface area contributed by atoms with Gasteiger partial charge < -0.3 is 9.64 Å². The molecule has 2 heterocycles. The Morgan fingerprint density at radius 3 is 3.24 bits per heavy atom. The lowest BCUT2D eigenvalue weighted by atomic mass is 10.3. The van der Waals surface area contributed by atoms with Crippen molar-refractivity contribution in [3.8, 4) is 0 Å². The third kappa shape index (κ3) is 2.93. The van der Waals surface area contributed by atoms with Crippen molar-refractivity contribution in [3.63, 3.8) is 0 Å². The van der Waals surface area contributed by atoms with Crippen molar-refractivity contribution >= 4 is 34.2 Å². The Morgan fingerprint density at radius 1 is 1.71 bits per heavy atom. The summed E-state index contributed by atoms with van der Waals surface area (Å²) in [6, 6.07) is 0. The number of methoxy groups -OCH3 is 1. The van der Waals surface area contributed by atoms with Crippen LogP contribution in [0.15, 0.2) is 5.38 Å². The molecule has 1 fully saturated rings. The van der Waals surface area contributed by atoms with Gasteiger partial charge in [0.15, 0.2) is 10.8 Å². The number of carbonyl (C=O) groups is 1. The van der Waals surface area contributed by atoms with Crippen LogP contribution < -0.4 is 4.90 Å². The number of ether oxygens (including phenoxy) is 1. The van der Waals surface area contributed by atoms with Crippen molar-refractivity contribution < 1.29 is 9.53 Å². The van der Waals surface area contributed by atoms with Gasteiger partial charge in [-0.1, -0.05) is 6.92 Å². The molecule has 1 aliphatic rings. The number of thiazole rings is 1. The zero-order valence-corrected chi connectivity index (χ0v) is 11.6. The number of nitrogens with zero attached hydrogens (tertiary/aromatic N) is 2. The van der Waals surface area contributed by atoms with Gasteiger partial charge in [-0.25, -0.2) is 9.78 Å². The molecule has 2 rings (SSSR count). The molecule has 0 amide bonds. The fraction of sp³-hybridized carbons (Fsp3) is 0.636. The van der Waals surface area contributed by atoms with E-state index in [9.17, 15) is 4.79 Å². The largest absolute Gasteiger partial charge is 0.464 e. The molecule has 1 aliphatic heterocycles. The van der Waals surface area contributed by atoms with Gasteiger partial charge in [0.05, 0.1) is 7.11 Å². The fourth-order valence-electron chi connectivity index (χ4n) is 1.75. The van der Waals surface area contributed by atoms with Gasteiger partial charge in [0.1, 0.15) is 0 Å². The van der Waals surface area contributed by atoms with E-state index in [1.54, 1.807) is 5.38 Å². The molecule has 0 saturated carbocycles. The molecular formula is C11H16N2O2S2. The van der Waals surface area contributed by atoms with E-state index in [4.69, 9.17) is 0 Å². The normalized spacial score (nSPS) is 20.4. The summed E-state index contributed by atoms with van der Waals surface area (Å²) in [4.78, 5) is 17.9. The lowest BCUT2D eigenvalue weighted by Crippen LogP contribution is -2.37. The molecule has 0 spiro atoms. The molecule has 1 aromatic rings. The molecular weight excluding hydrogens is 256 g/mol. The maximum absolute atomic E-state index is 11.3. The van der Waals surface area contributed by atoms with Crippen LogP contribution in [0.4, 0.5) is 5.13 Å². The molecule has 1 aromatic heterocycles. The maximum Gasteiger partial charge on any atom is 0.357 e. The molecule has 0 N–H and O–H groups in total. The standard InChI is InChI=1S/C11H16N2O2S2/c1-3-8-6-13(4-5-16-8)11-12-9(7-17-11)10(14)15-2/h7-8H,3-6H2,1-2H3. The Kier molecular flexibility index (Phi) is 4.28. The van der Waals surface area contributed by atoms with Crippen LogP contribution in [0.1, 0.15) is 23.8 Å². The first kappa shape index (κ1) is 12.7. The summed E-state index contributed by atoms with van der Waals surface area (Å²) < 4.78 is 4.66. The Morgan fingerprint density at radius 2 is 2.53 bits per heavy atom. The minimum absolute atomic E-state index is 0.356. The van der Waals surface area contributed by atoms with Crippen LogP contribution >= 0.6 is 23.1 Å². The van der Waals surface area contributed by atoms with Crippen molar-refractivity contribution in [1.82, 2.24) is 4.98 Å². The number of anilines is 1. The van der Waals surface area contributed by atoms with Gasteiger partial charge in [-0.3, -0.25) is 0 Å². The number of rotatable bonds is 3. The highest BCUT2D eigenvalue weighted by Crippen LogP contribution is 2.28. The Labute approximate surface area is 109 Å². The van der Waals surface area contributed by atoms with Gasteiger partial charge in [0.2, 0.25) is 0 Å². The van der Waals surface area contributed by atoms with Crippen molar-refractivity contribution in [3.05, 3.63) is 11.1 Å². The molecule has 17 heavy (non-hydrogen) atoms. The average molecular weight is 272 g/mol. The molecule has 6 heteroatoms. The Bertz CT molecular complexity index is 395. The molecule has 0 radical (unpaired) electrons.